The molecule has 0 bridgehead atoms. The van der Waals surface area contributed by atoms with Gasteiger partial charge in [0.05, 0.1) is 6.61 Å². The van der Waals surface area contributed by atoms with E-state index in [0.29, 0.717) is 24.4 Å². The number of nitrogens with one attached hydrogen (secondary N) is 2. The molecule has 0 saturated heterocycles. The Balaban J connectivity index is 2.32. The van der Waals surface area contributed by atoms with Crippen LogP contribution in [0.15, 0.2) is 12.7 Å². The van der Waals surface area contributed by atoms with Crippen molar-refractivity contribution < 1.29 is 5.11 Å². The molecule has 0 saturated carbocycles. The molecule has 2 aromatic rings. The van der Waals surface area contributed by atoms with E-state index in [-0.39, 0.29) is 12.6 Å². The third-order valence-electron chi connectivity index (χ3n) is 2.23. The lowest BCUT2D eigenvalue weighted by Gasteiger charge is -2.12. The minimum atomic E-state index is -0.152. The predicted octanol–water partition coefficient (Wildman–Crippen LogP) is -0.323. The number of anilines is 2. The number of aliphatic hydroxyl groups is 1. The van der Waals surface area contributed by atoms with E-state index in [2.05, 4.69) is 35.7 Å². The zero-order chi connectivity index (χ0) is 13.7. The third kappa shape index (κ3) is 3.35. The van der Waals surface area contributed by atoms with Gasteiger partial charge in [0, 0.05) is 12.6 Å². The predicted molar refractivity (Wildman–Crippen MR) is 69.1 cm³/mol. The van der Waals surface area contributed by atoms with Gasteiger partial charge in [-0.3, -0.25) is 0 Å². The first kappa shape index (κ1) is 13.1. The molecule has 2 rings (SSSR count). The molecule has 9 heteroatoms. The van der Waals surface area contributed by atoms with Crippen LogP contribution in [0.1, 0.15) is 13.8 Å². The summed E-state index contributed by atoms with van der Waals surface area (Å²) >= 11 is 0. The highest BCUT2D eigenvalue weighted by Gasteiger charge is 2.10. The van der Waals surface area contributed by atoms with E-state index < -0.39 is 0 Å². The van der Waals surface area contributed by atoms with Crippen molar-refractivity contribution in [1.82, 2.24) is 29.7 Å². The SMILES string of the molecule is CCNc1nc(NC(C)CO)nc(-n2cncn2)n1. The minimum Gasteiger partial charge on any atom is -0.394 e. The van der Waals surface area contributed by atoms with Crippen LogP contribution in [0.2, 0.25) is 0 Å². The smallest absolute Gasteiger partial charge is 0.258 e. The van der Waals surface area contributed by atoms with Crippen molar-refractivity contribution in [2.24, 2.45) is 0 Å². The van der Waals surface area contributed by atoms with Gasteiger partial charge in [0.1, 0.15) is 12.7 Å². The van der Waals surface area contributed by atoms with Crippen molar-refractivity contribution in [3.05, 3.63) is 12.7 Å². The van der Waals surface area contributed by atoms with Gasteiger partial charge >= 0.3 is 0 Å². The third-order valence-corrected chi connectivity index (χ3v) is 2.23. The Morgan fingerprint density at radius 1 is 1.32 bits per heavy atom. The Kier molecular flexibility index (Phi) is 4.18. The van der Waals surface area contributed by atoms with Gasteiger partial charge in [-0.25, -0.2) is 4.98 Å². The van der Waals surface area contributed by atoms with Gasteiger partial charge in [0.15, 0.2) is 0 Å². The number of nitrogens with zero attached hydrogens (tertiary/aromatic N) is 6. The first-order chi connectivity index (χ1) is 9.22. The van der Waals surface area contributed by atoms with Gasteiger partial charge < -0.3 is 15.7 Å². The molecule has 19 heavy (non-hydrogen) atoms. The second-order valence-electron chi connectivity index (χ2n) is 3.88. The summed E-state index contributed by atoms with van der Waals surface area (Å²) in [4.78, 5) is 16.5. The van der Waals surface area contributed by atoms with Crippen LogP contribution in [-0.2, 0) is 0 Å². The molecule has 2 heterocycles. The van der Waals surface area contributed by atoms with Crippen LogP contribution in [0.25, 0.3) is 5.95 Å². The fourth-order valence-corrected chi connectivity index (χ4v) is 1.35. The standard InChI is InChI=1S/C10H16N8O/c1-3-12-8-15-9(14-7(2)4-19)17-10(16-8)18-6-11-5-13-18/h5-7,19H,3-4H2,1-2H3,(H2,12,14,15,16,17). The molecule has 9 nitrogen and oxygen atoms in total. The summed E-state index contributed by atoms with van der Waals surface area (Å²) in [5.74, 6) is 1.17. The van der Waals surface area contributed by atoms with E-state index in [1.165, 1.54) is 17.3 Å². The van der Waals surface area contributed by atoms with Crippen molar-refractivity contribution in [1.29, 1.82) is 0 Å². The van der Waals surface area contributed by atoms with Crippen LogP contribution >= 0.6 is 0 Å². The van der Waals surface area contributed by atoms with E-state index >= 15 is 0 Å². The fourth-order valence-electron chi connectivity index (χ4n) is 1.35. The highest BCUT2D eigenvalue weighted by Crippen LogP contribution is 2.09. The molecule has 0 radical (unpaired) electrons. The lowest BCUT2D eigenvalue weighted by Crippen LogP contribution is -2.22. The first-order valence-electron chi connectivity index (χ1n) is 5.95. The average Bonchev–Trinajstić information content (AvgIpc) is 2.92. The van der Waals surface area contributed by atoms with Crippen LogP contribution in [0, 0.1) is 0 Å². The van der Waals surface area contributed by atoms with Gasteiger partial charge in [-0.2, -0.15) is 24.7 Å². The van der Waals surface area contributed by atoms with Crippen LogP contribution in [0.3, 0.4) is 0 Å². The highest BCUT2D eigenvalue weighted by molar-refractivity contribution is 5.38. The zero-order valence-electron chi connectivity index (χ0n) is 10.8. The van der Waals surface area contributed by atoms with E-state index in [0.717, 1.165) is 0 Å². The van der Waals surface area contributed by atoms with E-state index in [9.17, 15) is 0 Å². The first-order valence-corrected chi connectivity index (χ1v) is 5.95. The van der Waals surface area contributed by atoms with Crippen LogP contribution < -0.4 is 10.6 Å². The van der Waals surface area contributed by atoms with Gasteiger partial charge in [-0.15, -0.1) is 0 Å². The molecule has 0 aromatic carbocycles. The van der Waals surface area contributed by atoms with Crippen LogP contribution in [0.4, 0.5) is 11.9 Å². The number of hydrogen-bond acceptors (Lipinski definition) is 8. The van der Waals surface area contributed by atoms with Crippen molar-refractivity contribution in [3.63, 3.8) is 0 Å². The summed E-state index contributed by atoms with van der Waals surface area (Å²) in [6.07, 6.45) is 2.91. The molecule has 0 amide bonds. The van der Waals surface area contributed by atoms with Gasteiger partial charge in [0.2, 0.25) is 11.9 Å². The average molecular weight is 264 g/mol. The largest absolute Gasteiger partial charge is 0.394 e. The quantitative estimate of drug-likeness (QED) is 0.650. The van der Waals surface area contributed by atoms with Crippen LogP contribution in [-0.4, -0.2) is 54.0 Å². The molecule has 1 atom stereocenters. The maximum Gasteiger partial charge on any atom is 0.258 e. The van der Waals surface area contributed by atoms with Crippen molar-refractivity contribution >= 4 is 11.9 Å². The molecule has 0 spiro atoms. The van der Waals surface area contributed by atoms with Gasteiger partial charge in [0.25, 0.3) is 5.95 Å². The molecule has 102 valence electrons. The van der Waals surface area contributed by atoms with Crippen molar-refractivity contribution in [2.45, 2.75) is 19.9 Å². The summed E-state index contributed by atoms with van der Waals surface area (Å²) in [5, 5.41) is 19.0. The van der Waals surface area contributed by atoms with Crippen LogP contribution in [0.5, 0.6) is 0 Å². The van der Waals surface area contributed by atoms with Gasteiger partial charge in [-0.05, 0) is 13.8 Å². The van der Waals surface area contributed by atoms with Crippen molar-refractivity contribution in [2.75, 3.05) is 23.8 Å². The molecule has 1 unspecified atom stereocenters. The Hall–Kier alpha value is -2.29. The Labute approximate surface area is 110 Å². The number of aromatic nitrogens is 6. The zero-order valence-corrected chi connectivity index (χ0v) is 10.8. The summed E-state index contributed by atoms with van der Waals surface area (Å²) < 4.78 is 1.44. The Bertz CT molecular complexity index is 514. The normalized spacial score (nSPS) is 12.2. The second-order valence-corrected chi connectivity index (χ2v) is 3.88. The molecule has 2 aromatic heterocycles. The lowest BCUT2D eigenvalue weighted by atomic mass is 10.4. The molecule has 0 aliphatic carbocycles. The molecule has 0 aliphatic heterocycles. The maximum atomic E-state index is 9.05. The number of hydrogen-bond donors (Lipinski definition) is 3. The van der Waals surface area contributed by atoms with E-state index in [1.54, 1.807) is 0 Å². The monoisotopic (exact) mass is 264 g/mol. The van der Waals surface area contributed by atoms with E-state index in [1.807, 2.05) is 13.8 Å². The summed E-state index contributed by atoms with van der Waals surface area (Å²) in [6, 6.07) is -0.152. The lowest BCUT2D eigenvalue weighted by molar-refractivity contribution is 0.281. The van der Waals surface area contributed by atoms with E-state index in [4.69, 9.17) is 5.11 Å². The summed E-state index contributed by atoms with van der Waals surface area (Å²) in [5.41, 5.74) is 0. The topological polar surface area (TPSA) is 114 Å². The number of aliphatic hydroxyl groups excluding tert-OH is 1. The van der Waals surface area contributed by atoms with Gasteiger partial charge in [-0.1, -0.05) is 0 Å². The minimum absolute atomic E-state index is 0.0130. The molecule has 3 N–H and O–H groups in total. The molecule has 0 aliphatic rings. The summed E-state index contributed by atoms with van der Waals surface area (Å²) in [7, 11) is 0. The molecule has 0 fully saturated rings. The highest BCUT2D eigenvalue weighted by atomic mass is 16.3. The van der Waals surface area contributed by atoms with Crippen molar-refractivity contribution in [3.8, 4) is 5.95 Å². The summed E-state index contributed by atoms with van der Waals surface area (Å²) in [6.45, 7) is 4.45. The molecular weight excluding hydrogens is 248 g/mol. The Morgan fingerprint density at radius 2 is 2.11 bits per heavy atom. The fraction of sp³-hybridized carbons (Fsp3) is 0.500. The molecular formula is C10H16N8O. The maximum absolute atomic E-state index is 9.05. The number of rotatable bonds is 6. The second kappa shape index (κ2) is 6.05. The Morgan fingerprint density at radius 3 is 2.74 bits per heavy atom.